The van der Waals surface area contributed by atoms with Gasteiger partial charge in [-0.25, -0.2) is 0 Å². The molecule has 1 fully saturated rings. The van der Waals surface area contributed by atoms with Crippen molar-refractivity contribution in [2.45, 2.75) is 58.7 Å². The third-order valence-corrected chi connectivity index (χ3v) is 3.21. The van der Waals surface area contributed by atoms with E-state index in [-0.39, 0.29) is 18.1 Å². The minimum Gasteiger partial charge on any atom is -0.382 e. The van der Waals surface area contributed by atoms with Crippen LogP contribution in [-0.4, -0.2) is 42.8 Å². The Labute approximate surface area is 105 Å². The molecule has 0 bridgehead atoms. The fraction of sp³-hybridized carbons (Fsp3) is 0.923. The van der Waals surface area contributed by atoms with Crippen LogP contribution in [0.2, 0.25) is 0 Å². The molecule has 1 amide bonds. The van der Waals surface area contributed by atoms with Crippen molar-refractivity contribution in [3.63, 3.8) is 0 Å². The molecule has 2 atom stereocenters. The van der Waals surface area contributed by atoms with E-state index in [1.54, 1.807) is 0 Å². The Morgan fingerprint density at radius 2 is 2.12 bits per heavy atom. The van der Waals surface area contributed by atoms with Crippen LogP contribution >= 0.6 is 0 Å². The summed E-state index contributed by atoms with van der Waals surface area (Å²) in [6, 6.07) is 0.0389. The van der Waals surface area contributed by atoms with E-state index in [0.717, 1.165) is 45.4 Å². The summed E-state index contributed by atoms with van der Waals surface area (Å²) < 4.78 is 5.31. The number of nitrogens with zero attached hydrogens (tertiary/aromatic N) is 1. The highest BCUT2D eigenvalue weighted by atomic mass is 16.5. The maximum Gasteiger partial charge on any atom is 0.241 e. The van der Waals surface area contributed by atoms with Crippen LogP contribution in [0.5, 0.6) is 0 Å². The van der Waals surface area contributed by atoms with Crippen LogP contribution < -0.4 is 5.32 Å². The van der Waals surface area contributed by atoms with Crippen molar-refractivity contribution in [3.8, 4) is 0 Å². The molecule has 2 unspecified atom stereocenters. The highest BCUT2D eigenvalue weighted by molar-refractivity contribution is 5.84. The second-order valence-corrected chi connectivity index (χ2v) is 4.51. The highest BCUT2D eigenvalue weighted by Crippen LogP contribution is 2.17. The minimum atomic E-state index is 0.0389. The van der Waals surface area contributed by atoms with E-state index in [9.17, 15) is 4.79 Å². The number of carbonyl (C=O) groups is 1. The van der Waals surface area contributed by atoms with Crippen molar-refractivity contribution in [2.75, 3.05) is 19.8 Å². The van der Waals surface area contributed by atoms with Gasteiger partial charge in [0.05, 0.1) is 12.2 Å². The quantitative estimate of drug-likeness (QED) is 0.659. The molecule has 17 heavy (non-hydrogen) atoms. The summed E-state index contributed by atoms with van der Waals surface area (Å²) in [4.78, 5) is 14.1. The van der Waals surface area contributed by atoms with Crippen LogP contribution in [0.25, 0.3) is 0 Å². The lowest BCUT2D eigenvalue weighted by molar-refractivity contribution is -0.130. The van der Waals surface area contributed by atoms with Crippen LogP contribution in [0.15, 0.2) is 0 Å². The summed E-state index contributed by atoms with van der Waals surface area (Å²) in [7, 11) is 0. The zero-order valence-electron chi connectivity index (χ0n) is 11.4. The van der Waals surface area contributed by atoms with Gasteiger partial charge in [-0.3, -0.25) is 10.1 Å². The fourth-order valence-corrected chi connectivity index (χ4v) is 2.33. The first-order valence-electron chi connectivity index (χ1n) is 6.88. The van der Waals surface area contributed by atoms with E-state index < -0.39 is 0 Å². The van der Waals surface area contributed by atoms with E-state index in [0.29, 0.717) is 0 Å². The van der Waals surface area contributed by atoms with Crippen molar-refractivity contribution in [3.05, 3.63) is 0 Å². The second-order valence-electron chi connectivity index (χ2n) is 4.51. The Balaban J connectivity index is 2.41. The molecular weight excluding hydrogens is 216 g/mol. The zero-order chi connectivity index (χ0) is 12.7. The van der Waals surface area contributed by atoms with Crippen molar-refractivity contribution in [1.82, 2.24) is 10.2 Å². The average molecular weight is 242 g/mol. The van der Waals surface area contributed by atoms with Crippen molar-refractivity contribution in [2.24, 2.45) is 0 Å². The molecule has 0 radical (unpaired) electrons. The molecule has 1 aliphatic rings. The fourth-order valence-electron chi connectivity index (χ4n) is 2.33. The zero-order valence-corrected chi connectivity index (χ0v) is 11.4. The molecule has 0 aromatic carbocycles. The lowest BCUT2D eigenvalue weighted by Crippen LogP contribution is -2.37. The maximum atomic E-state index is 12.2. The molecule has 0 spiro atoms. The molecule has 1 rings (SSSR count). The van der Waals surface area contributed by atoms with Gasteiger partial charge in [-0.15, -0.1) is 0 Å². The molecule has 0 aromatic heterocycles. The molecule has 0 saturated carbocycles. The number of hydrogen-bond acceptors (Lipinski definition) is 3. The number of rotatable bonds is 8. The first-order valence-corrected chi connectivity index (χ1v) is 6.88. The Kier molecular flexibility index (Phi) is 6.52. The van der Waals surface area contributed by atoms with Gasteiger partial charge in [0.2, 0.25) is 5.91 Å². The summed E-state index contributed by atoms with van der Waals surface area (Å²) in [6.45, 7) is 8.54. The maximum absolute atomic E-state index is 12.2. The molecule has 0 aromatic rings. The second kappa shape index (κ2) is 7.67. The van der Waals surface area contributed by atoms with Gasteiger partial charge in [-0.05, 0) is 26.2 Å². The van der Waals surface area contributed by atoms with Crippen molar-refractivity contribution in [1.29, 1.82) is 0 Å². The summed E-state index contributed by atoms with van der Waals surface area (Å²) >= 11 is 0. The van der Waals surface area contributed by atoms with E-state index in [1.165, 1.54) is 0 Å². The van der Waals surface area contributed by atoms with E-state index >= 15 is 0 Å². The summed E-state index contributed by atoms with van der Waals surface area (Å²) in [5.41, 5.74) is 0. The van der Waals surface area contributed by atoms with Crippen LogP contribution in [0.3, 0.4) is 0 Å². The van der Waals surface area contributed by atoms with Crippen LogP contribution in [0, 0.1) is 0 Å². The summed E-state index contributed by atoms with van der Waals surface area (Å²) in [5, 5.41) is 3.42. The Morgan fingerprint density at radius 1 is 1.35 bits per heavy atom. The third-order valence-electron chi connectivity index (χ3n) is 3.21. The SMILES string of the molecule is CCCC1NC(CC)N(CCCOCC)C1=O. The van der Waals surface area contributed by atoms with Crippen molar-refractivity contribution < 1.29 is 9.53 Å². The van der Waals surface area contributed by atoms with Gasteiger partial charge in [-0.1, -0.05) is 20.3 Å². The number of ether oxygens (including phenoxy) is 1. The first kappa shape index (κ1) is 14.5. The van der Waals surface area contributed by atoms with Gasteiger partial charge in [0.1, 0.15) is 0 Å². The lowest BCUT2D eigenvalue weighted by atomic mass is 10.2. The predicted molar refractivity (Wildman–Crippen MR) is 68.7 cm³/mol. The average Bonchev–Trinajstić information content (AvgIpc) is 2.63. The molecule has 1 aliphatic heterocycles. The Morgan fingerprint density at radius 3 is 2.71 bits per heavy atom. The summed E-state index contributed by atoms with van der Waals surface area (Å²) in [6.07, 6.45) is 4.11. The van der Waals surface area contributed by atoms with Crippen LogP contribution in [0.1, 0.15) is 46.5 Å². The van der Waals surface area contributed by atoms with Gasteiger partial charge in [0.15, 0.2) is 0 Å². The molecular formula is C13H26N2O2. The standard InChI is InChI=1S/C13H26N2O2/c1-4-8-11-13(16)15(12(5-2)14-11)9-7-10-17-6-3/h11-12,14H,4-10H2,1-3H3. The van der Waals surface area contributed by atoms with Crippen LogP contribution in [-0.2, 0) is 9.53 Å². The van der Waals surface area contributed by atoms with Gasteiger partial charge in [0.25, 0.3) is 0 Å². The largest absolute Gasteiger partial charge is 0.382 e. The monoisotopic (exact) mass is 242 g/mol. The van der Waals surface area contributed by atoms with Gasteiger partial charge >= 0.3 is 0 Å². The normalized spacial score (nSPS) is 24.6. The van der Waals surface area contributed by atoms with Gasteiger partial charge in [-0.2, -0.15) is 0 Å². The number of hydrogen-bond donors (Lipinski definition) is 1. The smallest absolute Gasteiger partial charge is 0.241 e. The molecule has 4 heteroatoms. The first-order chi connectivity index (χ1) is 8.24. The molecule has 1 N–H and O–H groups in total. The molecule has 1 saturated heterocycles. The van der Waals surface area contributed by atoms with Gasteiger partial charge in [0, 0.05) is 19.8 Å². The lowest BCUT2D eigenvalue weighted by Gasteiger charge is -2.22. The topological polar surface area (TPSA) is 41.6 Å². The molecule has 1 heterocycles. The van der Waals surface area contributed by atoms with E-state index in [1.807, 2.05) is 11.8 Å². The Bertz CT molecular complexity index is 233. The van der Waals surface area contributed by atoms with Crippen LogP contribution in [0.4, 0.5) is 0 Å². The van der Waals surface area contributed by atoms with Crippen molar-refractivity contribution >= 4 is 5.91 Å². The number of carbonyl (C=O) groups excluding carboxylic acids is 1. The van der Waals surface area contributed by atoms with E-state index in [2.05, 4.69) is 19.2 Å². The summed E-state index contributed by atoms with van der Waals surface area (Å²) in [5.74, 6) is 0.273. The Hall–Kier alpha value is -0.610. The van der Waals surface area contributed by atoms with Gasteiger partial charge < -0.3 is 9.64 Å². The minimum absolute atomic E-state index is 0.0389. The predicted octanol–water partition coefficient (Wildman–Crippen LogP) is 1.75. The number of amides is 1. The molecule has 0 aliphatic carbocycles. The third kappa shape index (κ3) is 3.96. The highest BCUT2D eigenvalue weighted by Gasteiger charge is 2.36. The molecule has 100 valence electrons. The van der Waals surface area contributed by atoms with E-state index in [4.69, 9.17) is 4.74 Å². The molecule has 4 nitrogen and oxygen atoms in total. The number of nitrogens with one attached hydrogen (secondary N) is 1.